The van der Waals surface area contributed by atoms with Crippen LogP contribution in [0.1, 0.15) is 64.7 Å². The van der Waals surface area contributed by atoms with Crippen molar-refractivity contribution in [1.29, 1.82) is 0 Å². The molecule has 2 saturated carbocycles. The predicted octanol–water partition coefficient (Wildman–Crippen LogP) is 3.50. The molecule has 2 heteroatoms. The summed E-state index contributed by atoms with van der Waals surface area (Å²) in [7, 11) is 0. The van der Waals surface area contributed by atoms with E-state index in [1.807, 2.05) is 0 Å². The van der Waals surface area contributed by atoms with Gasteiger partial charge in [0.25, 0.3) is 0 Å². The summed E-state index contributed by atoms with van der Waals surface area (Å²) >= 11 is 0. The van der Waals surface area contributed by atoms with Gasteiger partial charge in [-0.1, -0.05) is 32.6 Å². The lowest BCUT2D eigenvalue weighted by Crippen LogP contribution is -2.24. The minimum Gasteiger partial charge on any atom is -0.387 e. The second-order valence-corrected chi connectivity index (χ2v) is 5.80. The van der Waals surface area contributed by atoms with E-state index in [1.54, 1.807) is 0 Å². The third kappa shape index (κ3) is 3.23. The lowest BCUT2D eigenvalue weighted by molar-refractivity contribution is 0.498. The van der Waals surface area contributed by atoms with Crippen molar-refractivity contribution in [3.05, 3.63) is 0 Å². The van der Waals surface area contributed by atoms with Gasteiger partial charge in [0.1, 0.15) is 0 Å². The van der Waals surface area contributed by atoms with Crippen molar-refractivity contribution in [3.63, 3.8) is 0 Å². The van der Waals surface area contributed by atoms with E-state index in [9.17, 15) is 0 Å². The Hall–Kier alpha value is -0.530. The summed E-state index contributed by atoms with van der Waals surface area (Å²) in [5.41, 5.74) is 6.15. The van der Waals surface area contributed by atoms with Gasteiger partial charge < -0.3 is 5.73 Å². The van der Waals surface area contributed by atoms with E-state index in [1.165, 1.54) is 57.8 Å². The summed E-state index contributed by atoms with van der Waals surface area (Å²) < 4.78 is 0. The molecule has 0 saturated heterocycles. The van der Waals surface area contributed by atoms with Crippen molar-refractivity contribution in [2.45, 2.75) is 70.8 Å². The van der Waals surface area contributed by atoms with E-state index >= 15 is 0 Å². The highest BCUT2D eigenvalue weighted by Gasteiger charge is 2.21. The summed E-state index contributed by atoms with van der Waals surface area (Å²) in [4.78, 5) is 4.81. The first-order valence-electron chi connectivity index (χ1n) is 7.09. The van der Waals surface area contributed by atoms with Crippen LogP contribution in [-0.2, 0) is 0 Å². The van der Waals surface area contributed by atoms with Crippen molar-refractivity contribution in [2.24, 2.45) is 22.6 Å². The molecule has 2 unspecified atom stereocenters. The van der Waals surface area contributed by atoms with Gasteiger partial charge in [-0.25, -0.2) is 0 Å². The van der Waals surface area contributed by atoms with Gasteiger partial charge in [0.15, 0.2) is 0 Å². The number of nitrogens with zero attached hydrogens (tertiary/aromatic N) is 1. The first-order chi connectivity index (χ1) is 7.75. The highest BCUT2D eigenvalue weighted by atomic mass is 14.9. The Morgan fingerprint density at radius 1 is 0.938 bits per heavy atom. The van der Waals surface area contributed by atoms with Gasteiger partial charge in [-0.15, -0.1) is 0 Å². The number of nitrogens with two attached hydrogens (primary N) is 1. The molecule has 0 aromatic carbocycles. The second kappa shape index (κ2) is 5.70. The molecule has 0 aromatic heterocycles. The van der Waals surface area contributed by atoms with E-state index in [4.69, 9.17) is 10.7 Å². The summed E-state index contributed by atoms with van der Waals surface area (Å²) in [6, 6.07) is 0.533. The van der Waals surface area contributed by atoms with Crippen molar-refractivity contribution >= 4 is 5.84 Å². The largest absolute Gasteiger partial charge is 0.387 e. The van der Waals surface area contributed by atoms with Crippen LogP contribution in [0.2, 0.25) is 0 Å². The van der Waals surface area contributed by atoms with Crippen LogP contribution in [-0.4, -0.2) is 11.9 Å². The van der Waals surface area contributed by atoms with E-state index in [-0.39, 0.29) is 0 Å². The molecule has 0 spiro atoms. The van der Waals surface area contributed by atoms with Gasteiger partial charge in [-0.2, -0.15) is 0 Å². The fraction of sp³-hybridized carbons (Fsp3) is 0.929. The Labute approximate surface area is 99.7 Å². The highest BCUT2D eigenvalue weighted by Crippen LogP contribution is 2.27. The van der Waals surface area contributed by atoms with Gasteiger partial charge in [-0.05, 0) is 38.0 Å². The monoisotopic (exact) mass is 222 g/mol. The van der Waals surface area contributed by atoms with Crippen LogP contribution >= 0.6 is 0 Å². The van der Waals surface area contributed by atoms with Crippen molar-refractivity contribution in [2.75, 3.05) is 0 Å². The van der Waals surface area contributed by atoms with Gasteiger partial charge in [0.05, 0.1) is 11.9 Å². The molecule has 0 amide bonds. The summed E-state index contributed by atoms with van der Waals surface area (Å²) in [6.45, 7) is 2.37. The molecule has 2 aliphatic carbocycles. The molecule has 2 aliphatic rings. The third-order valence-corrected chi connectivity index (χ3v) is 4.33. The van der Waals surface area contributed by atoms with Crippen LogP contribution in [0.5, 0.6) is 0 Å². The van der Waals surface area contributed by atoms with Gasteiger partial charge in [0.2, 0.25) is 0 Å². The predicted molar refractivity (Wildman–Crippen MR) is 69.6 cm³/mol. The Bertz CT molecular complexity index is 241. The minimum atomic E-state index is 0.533. The van der Waals surface area contributed by atoms with Gasteiger partial charge >= 0.3 is 0 Å². The zero-order valence-electron chi connectivity index (χ0n) is 10.6. The zero-order valence-corrected chi connectivity index (χ0v) is 10.6. The topological polar surface area (TPSA) is 38.4 Å². The molecule has 2 atom stereocenters. The number of aliphatic imine (C=N–C) groups is 1. The standard InChI is InChI=1S/C14H26N2/c1-11-5-4-8-13(10-9-11)16-14(15)12-6-2-3-7-12/h11-13H,2-10H2,1H3,(H2,15,16). The molecular formula is C14H26N2. The van der Waals surface area contributed by atoms with Crippen LogP contribution in [0.15, 0.2) is 4.99 Å². The maximum absolute atomic E-state index is 6.15. The molecule has 2 nitrogen and oxygen atoms in total. The van der Waals surface area contributed by atoms with Crippen molar-refractivity contribution < 1.29 is 0 Å². The van der Waals surface area contributed by atoms with Crippen LogP contribution in [0.3, 0.4) is 0 Å². The highest BCUT2D eigenvalue weighted by molar-refractivity contribution is 5.83. The maximum atomic E-state index is 6.15. The van der Waals surface area contributed by atoms with Crippen molar-refractivity contribution in [1.82, 2.24) is 0 Å². The summed E-state index contributed by atoms with van der Waals surface area (Å²) in [6.07, 6.45) is 11.8. The van der Waals surface area contributed by atoms with Crippen LogP contribution in [0.4, 0.5) is 0 Å². The Morgan fingerprint density at radius 3 is 2.44 bits per heavy atom. The van der Waals surface area contributed by atoms with Crippen LogP contribution < -0.4 is 5.73 Å². The molecular weight excluding hydrogens is 196 g/mol. The zero-order chi connectivity index (χ0) is 11.4. The van der Waals surface area contributed by atoms with Gasteiger partial charge in [-0.3, -0.25) is 4.99 Å². The average Bonchev–Trinajstić information content (AvgIpc) is 2.72. The normalized spacial score (nSPS) is 33.9. The lowest BCUT2D eigenvalue weighted by atomic mass is 10.0. The van der Waals surface area contributed by atoms with E-state index in [0.29, 0.717) is 12.0 Å². The van der Waals surface area contributed by atoms with E-state index in [2.05, 4.69) is 6.92 Å². The molecule has 16 heavy (non-hydrogen) atoms. The molecule has 0 heterocycles. The second-order valence-electron chi connectivity index (χ2n) is 5.80. The third-order valence-electron chi connectivity index (χ3n) is 4.33. The summed E-state index contributed by atoms with van der Waals surface area (Å²) in [5, 5.41) is 0. The minimum absolute atomic E-state index is 0.533. The van der Waals surface area contributed by atoms with E-state index < -0.39 is 0 Å². The molecule has 0 aromatic rings. The number of hydrogen-bond donors (Lipinski definition) is 1. The Balaban J connectivity index is 1.88. The molecule has 92 valence electrons. The molecule has 0 aliphatic heterocycles. The fourth-order valence-electron chi connectivity index (χ4n) is 3.13. The van der Waals surface area contributed by atoms with Crippen LogP contribution in [0.25, 0.3) is 0 Å². The maximum Gasteiger partial charge on any atom is 0.0971 e. The lowest BCUT2D eigenvalue weighted by Gasteiger charge is -2.14. The molecule has 2 rings (SSSR count). The quantitative estimate of drug-likeness (QED) is 0.433. The smallest absolute Gasteiger partial charge is 0.0971 e. The van der Waals surface area contributed by atoms with Crippen molar-refractivity contribution in [3.8, 4) is 0 Å². The fourth-order valence-corrected chi connectivity index (χ4v) is 3.13. The molecule has 2 N–H and O–H groups in total. The number of amidine groups is 1. The first-order valence-corrected chi connectivity index (χ1v) is 7.09. The molecule has 0 radical (unpaired) electrons. The number of rotatable bonds is 2. The summed E-state index contributed by atoms with van der Waals surface area (Å²) in [5.74, 6) is 2.48. The van der Waals surface area contributed by atoms with Gasteiger partial charge in [0, 0.05) is 5.92 Å². The number of hydrogen-bond acceptors (Lipinski definition) is 1. The Kier molecular flexibility index (Phi) is 4.25. The van der Waals surface area contributed by atoms with E-state index in [0.717, 1.165) is 11.8 Å². The SMILES string of the molecule is CC1CCCC(N=C(N)C2CCCC2)CC1. The Morgan fingerprint density at radius 2 is 1.69 bits per heavy atom. The average molecular weight is 222 g/mol. The molecule has 0 bridgehead atoms. The first kappa shape index (κ1) is 11.9. The molecule has 2 fully saturated rings. The van der Waals surface area contributed by atoms with Crippen LogP contribution in [0, 0.1) is 11.8 Å².